The fraction of sp³-hybridized carbons (Fsp3) is 0.318. The van der Waals surface area contributed by atoms with Crippen molar-refractivity contribution in [1.82, 2.24) is 34.8 Å². The van der Waals surface area contributed by atoms with Gasteiger partial charge in [-0.3, -0.25) is 14.3 Å². The molecule has 9 heteroatoms. The van der Waals surface area contributed by atoms with Gasteiger partial charge in [0.15, 0.2) is 0 Å². The average Bonchev–Trinajstić information content (AvgIpc) is 3.34. The molecule has 0 aliphatic heterocycles. The van der Waals surface area contributed by atoms with E-state index in [1.54, 1.807) is 22.7 Å². The molecule has 1 aromatic carbocycles. The molecular weight excluding hydrogens is 394 g/mol. The van der Waals surface area contributed by atoms with Gasteiger partial charge in [0.25, 0.3) is 5.56 Å². The minimum absolute atomic E-state index is 0.0940. The van der Waals surface area contributed by atoms with Crippen LogP contribution in [0.5, 0.6) is 0 Å². The zero-order valence-electron chi connectivity index (χ0n) is 17.8. The van der Waals surface area contributed by atoms with Crippen molar-refractivity contribution in [3.63, 3.8) is 0 Å². The summed E-state index contributed by atoms with van der Waals surface area (Å²) in [5.74, 6) is -0.0940. The molecule has 0 fully saturated rings. The van der Waals surface area contributed by atoms with Gasteiger partial charge >= 0.3 is 0 Å². The van der Waals surface area contributed by atoms with E-state index in [1.165, 1.54) is 6.33 Å². The number of aryl methyl sites for hydroxylation is 3. The number of carbonyl (C=O) groups is 1. The summed E-state index contributed by atoms with van der Waals surface area (Å²) in [6, 6.07) is 7.98. The molecule has 0 saturated carbocycles. The molecule has 2 N–H and O–H groups in total. The van der Waals surface area contributed by atoms with E-state index in [2.05, 4.69) is 25.5 Å². The standard InChI is InChI=1S/C22H25N7O2/c1-14-18(22(31)26-21-20(14)15(2)27-28(21)3)7-8-19(30)24-10-16-5-4-6-17(9-16)11-29-13-23-12-25-29/h4-6,9,12-13H,7-8,10-11H2,1-3H3,(H,24,30)(H,26,31). The Labute approximate surface area is 179 Å². The smallest absolute Gasteiger partial charge is 0.253 e. The normalized spacial score (nSPS) is 11.2. The third kappa shape index (κ3) is 4.40. The van der Waals surface area contributed by atoms with Crippen LogP contribution in [0.3, 0.4) is 0 Å². The molecule has 0 atom stereocenters. The fourth-order valence-electron chi connectivity index (χ4n) is 3.92. The zero-order chi connectivity index (χ0) is 22.0. The first kappa shape index (κ1) is 20.5. The van der Waals surface area contributed by atoms with E-state index in [0.717, 1.165) is 27.8 Å². The Morgan fingerprint density at radius 2 is 2.03 bits per heavy atom. The average molecular weight is 419 g/mol. The molecule has 0 saturated heterocycles. The van der Waals surface area contributed by atoms with Gasteiger partial charge in [0.05, 0.1) is 12.2 Å². The van der Waals surface area contributed by atoms with E-state index in [4.69, 9.17) is 0 Å². The highest BCUT2D eigenvalue weighted by molar-refractivity contribution is 5.83. The van der Waals surface area contributed by atoms with Crippen molar-refractivity contribution >= 4 is 16.9 Å². The molecule has 0 radical (unpaired) electrons. The molecule has 1 amide bonds. The maximum absolute atomic E-state index is 12.5. The molecule has 4 aromatic rings. The lowest BCUT2D eigenvalue weighted by atomic mass is 10.0. The second kappa shape index (κ2) is 8.55. The number of hydrogen-bond acceptors (Lipinski definition) is 5. The van der Waals surface area contributed by atoms with Gasteiger partial charge in [0.2, 0.25) is 5.91 Å². The summed E-state index contributed by atoms with van der Waals surface area (Å²) in [5, 5.41) is 12.4. The first-order chi connectivity index (χ1) is 14.9. The topological polar surface area (TPSA) is 110 Å². The minimum Gasteiger partial charge on any atom is -0.352 e. The second-order valence-electron chi connectivity index (χ2n) is 7.68. The lowest BCUT2D eigenvalue weighted by Crippen LogP contribution is -2.25. The largest absolute Gasteiger partial charge is 0.352 e. The van der Waals surface area contributed by atoms with Gasteiger partial charge in [0.1, 0.15) is 18.3 Å². The van der Waals surface area contributed by atoms with E-state index < -0.39 is 0 Å². The van der Waals surface area contributed by atoms with Crippen LogP contribution in [0.2, 0.25) is 0 Å². The Balaban J connectivity index is 1.38. The molecule has 3 heterocycles. The summed E-state index contributed by atoms with van der Waals surface area (Å²) in [6.07, 6.45) is 3.80. The molecule has 0 spiro atoms. The minimum atomic E-state index is -0.165. The van der Waals surface area contributed by atoms with Crippen LogP contribution in [0.15, 0.2) is 41.7 Å². The van der Waals surface area contributed by atoms with Crippen molar-refractivity contribution in [3.8, 4) is 0 Å². The predicted octanol–water partition coefficient (Wildman–Crippen LogP) is 1.77. The molecule has 0 aliphatic rings. The van der Waals surface area contributed by atoms with E-state index in [-0.39, 0.29) is 17.9 Å². The fourth-order valence-corrected chi connectivity index (χ4v) is 3.92. The molecular formula is C22H25N7O2. The second-order valence-corrected chi connectivity index (χ2v) is 7.68. The Morgan fingerprint density at radius 3 is 2.81 bits per heavy atom. The summed E-state index contributed by atoms with van der Waals surface area (Å²) in [7, 11) is 1.80. The van der Waals surface area contributed by atoms with Gasteiger partial charge < -0.3 is 10.3 Å². The van der Waals surface area contributed by atoms with Crippen LogP contribution >= 0.6 is 0 Å². The van der Waals surface area contributed by atoms with Crippen molar-refractivity contribution < 1.29 is 4.79 Å². The monoisotopic (exact) mass is 419 g/mol. The van der Waals surface area contributed by atoms with E-state index in [9.17, 15) is 9.59 Å². The number of rotatable bonds is 7. The van der Waals surface area contributed by atoms with Gasteiger partial charge in [-0.25, -0.2) is 9.67 Å². The number of benzene rings is 1. The zero-order valence-corrected chi connectivity index (χ0v) is 17.8. The van der Waals surface area contributed by atoms with Gasteiger partial charge in [-0.1, -0.05) is 24.3 Å². The van der Waals surface area contributed by atoms with Crippen molar-refractivity contribution in [2.24, 2.45) is 7.05 Å². The van der Waals surface area contributed by atoms with Gasteiger partial charge in [-0.2, -0.15) is 10.2 Å². The van der Waals surface area contributed by atoms with Crippen molar-refractivity contribution in [2.45, 2.75) is 39.8 Å². The van der Waals surface area contributed by atoms with Gasteiger partial charge in [0, 0.05) is 31.0 Å². The molecule has 3 aromatic heterocycles. The number of H-pyrrole nitrogens is 1. The molecule has 0 aliphatic carbocycles. The molecule has 4 rings (SSSR count). The number of nitrogens with one attached hydrogen (secondary N) is 2. The number of amides is 1. The number of hydrogen-bond donors (Lipinski definition) is 2. The molecule has 9 nitrogen and oxygen atoms in total. The van der Waals surface area contributed by atoms with E-state index in [0.29, 0.717) is 30.7 Å². The quantitative estimate of drug-likeness (QED) is 0.474. The number of pyridine rings is 1. The lowest BCUT2D eigenvalue weighted by Gasteiger charge is -2.09. The predicted molar refractivity (Wildman–Crippen MR) is 117 cm³/mol. The summed E-state index contributed by atoms with van der Waals surface area (Å²) in [4.78, 5) is 31.8. The van der Waals surface area contributed by atoms with Crippen LogP contribution in [0, 0.1) is 13.8 Å². The number of nitrogens with zero attached hydrogens (tertiary/aromatic N) is 5. The first-order valence-corrected chi connectivity index (χ1v) is 10.1. The van der Waals surface area contributed by atoms with Crippen LogP contribution in [-0.4, -0.2) is 35.4 Å². The van der Waals surface area contributed by atoms with Gasteiger partial charge in [-0.05, 0) is 37.0 Å². The highest BCUT2D eigenvalue weighted by atomic mass is 16.1. The summed E-state index contributed by atoms with van der Waals surface area (Å²) in [6.45, 7) is 4.89. The van der Waals surface area contributed by atoms with E-state index in [1.807, 2.05) is 38.1 Å². The first-order valence-electron chi connectivity index (χ1n) is 10.1. The van der Waals surface area contributed by atoms with Crippen LogP contribution in [0.4, 0.5) is 0 Å². The number of carbonyl (C=O) groups excluding carboxylic acids is 1. The maximum atomic E-state index is 12.5. The molecule has 0 bridgehead atoms. The SMILES string of the molecule is Cc1nn(C)c2[nH]c(=O)c(CCC(=O)NCc3cccc(Cn4cncn4)c3)c(C)c12. The lowest BCUT2D eigenvalue weighted by molar-refractivity contribution is -0.121. The molecule has 160 valence electrons. The third-order valence-electron chi connectivity index (χ3n) is 5.45. The van der Waals surface area contributed by atoms with Crippen LogP contribution in [-0.2, 0) is 31.4 Å². The Hall–Kier alpha value is -3.75. The highest BCUT2D eigenvalue weighted by Crippen LogP contribution is 2.21. The Bertz CT molecular complexity index is 1290. The summed E-state index contributed by atoms with van der Waals surface area (Å²) >= 11 is 0. The Kier molecular flexibility index (Phi) is 5.66. The molecule has 31 heavy (non-hydrogen) atoms. The number of aromatic amines is 1. The van der Waals surface area contributed by atoms with Crippen molar-refractivity contribution in [3.05, 3.63) is 75.2 Å². The summed E-state index contributed by atoms with van der Waals surface area (Å²) < 4.78 is 3.42. The van der Waals surface area contributed by atoms with Gasteiger partial charge in [-0.15, -0.1) is 0 Å². The van der Waals surface area contributed by atoms with Crippen molar-refractivity contribution in [2.75, 3.05) is 0 Å². The number of aromatic nitrogens is 6. The van der Waals surface area contributed by atoms with E-state index >= 15 is 0 Å². The van der Waals surface area contributed by atoms with Crippen LogP contribution < -0.4 is 10.9 Å². The Morgan fingerprint density at radius 1 is 1.23 bits per heavy atom. The third-order valence-corrected chi connectivity index (χ3v) is 5.45. The number of fused-ring (bicyclic) bond motifs is 1. The maximum Gasteiger partial charge on any atom is 0.253 e. The molecule has 0 unspecified atom stereocenters. The highest BCUT2D eigenvalue weighted by Gasteiger charge is 2.15. The van der Waals surface area contributed by atoms with Crippen molar-refractivity contribution in [1.29, 1.82) is 0 Å². The van der Waals surface area contributed by atoms with Crippen LogP contribution in [0.1, 0.15) is 34.4 Å². The summed E-state index contributed by atoms with van der Waals surface area (Å²) in [5.41, 5.74) is 5.02. The van der Waals surface area contributed by atoms with Crippen LogP contribution in [0.25, 0.3) is 11.0 Å².